The average Bonchev–Trinajstić information content (AvgIpc) is 2.59. The molecule has 4 nitrogen and oxygen atoms in total. The normalized spacial score (nSPS) is 10.7. The fourth-order valence-electron chi connectivity index (χ4n) is 2.40. The van der Waals surface area contributed by atoms with Gasteiger partial charge in [-0.3, -0.25) is 4.79 Å². The molecule has 24 heavy (non-hydrogen) atoms. The average molecular weight is 327 g/mol. The molecule has 0 aliphatic carbocycles. The molecule has 1 N–H and O–H groups in total. The van der Waals surface area contributed by atoms with Gasteiger partial charge in [-0.15, -0.1) is 0 Å². The first-order chi connectivity index (χ1) is 11.6. The van der Waals surface area contributed by atoms with Crippen LogP contribution in [0.15, 0.2) is 48.5 Å². The molecule has 0 aromatic heterocycles. The summed E-state index contributed by atoms with van der Waals surface area (Å²) in [5.41, 5.74) is 2.54. The van der Waals surface area contributed by atoms with Gasteiger partial charge in [0.15, 0.2) is 0 Å². The molecule has 0 saturated carbocycles. The molecule has 0 fully saturated rings. The predicted molar refractivity (Wildman–Crippen MR) is 96.9 cm³/mol. The van der Waals surface area contributed by atoms with Crippen molar-refractivity contribution in [2.24, 2.45) is 0 Å². The molecule has 0 unspecified atom stereocenters. The maximum absolute atomic E-state index is 12.5. The van der Waals surface area contributed by atoms with Crippen LogP contribution in [0.3, 0.4) is 0 Å². The van der Waals surface area contributed by atoms with Crippen molar-refractivity contribution in [1.82, 2.24) is 0 Å². The number of benzene rings is 2. The van der Waals surface area contributed by atoms with Crippen LogP contribution in [0.4, 0.5) is 5.69 Å². The van der Waals surface area contributed by atoms with Crippen LogP contribution >= 0.6 is 0 Å². The quantitative estimate of drug-likeness (QED) is 0.727. The Balaban J connectivity index is 2.05. The lowest BCUT2D eigenvalue weighted by Crippen LogP contribution is -2.14. The molecule has 0 radical (unpaired) electrons. The van der Waals surface area contributed by atoms with Crippen LogP contribution in [-0.4, -0.2) is 25.7 Å². The summed E-state index contributed by atoms with van der Waals surface area (Å²) >= 11 is 0. The van der Waals surface area contributed by atoms with Crippen molar-refractivity contribution in [3.05, 3.63) is 59.7 Å². The highest BCUT2D eigenvalue weighted by molar-refractivity contribution is 6.04. The van der Waals surface area contributed by atoms with Crippen LogP contribution < -0.4 is 10.1 Å². The summed E-state index contributed by atoms with van der Waals surface area (Å²) in [5.74, 6) is 0.868. The van der Waals surface area contributed by atoms with Crippen molar-refractivity contribution in [2.75, 3.05) is 25.1 Å². The molecule has 128 valence electrons. The van der Waals surface area contributed by atoms with E-state index in [4.69, 9.17) is 9.47 Å². The van der Waals surface area contributed by atoms with E-state index in [9.17, 15) is 4.79 Å². The van der Waals surface area contributed by atoms with E-state index in [1.807, 2.05) is 43.3 Å². The number of hydrogen-bond donors (Lipinski definition) is 1. The summed E-state index contributed by atoms with van der Waals surface area (Å²) < 4.78 is 10.8. The molecule has 0 saturated heterocycles. The molecule has 2 rings (SSSR count). The van der Waals surface area contributed by atoms with Gasteiger partial charge in [0.1, 0.15) is 12.4 Å². The summed E-state index contributed by atoms with van der Waals surface area (Å²) in [6, 6.07) is 15.1. The van der Waals surface area contributed by atoms with Crippen molar-refractivity contribution < 1.29 is 14.3 Å². The van der Waals surface area contributed by atoms with Gasteiger partial charge in [0.2, 0.25) is 0 Å². The van der Waals surface area contributed by atoms with Crippen molar-refractivity contribution >= 4 is 11.6 Å². The van der Waals surface area contributed by atoms with Crippen molar-refractivity contribution in [3.63, 3.8) is 0 Å². The van der Waals surface area contributed by atoms with E-state index in [0.29, 0.717) is 37.1 Å². The highest BCUT2D eigenvalue weighted by atomic mass is 16.5. The number of para-hydroxylation sites is 1. The molecule has 0 aliphatic rings. The molecule has 0 aliphatic heterocycles. The third-order valence-electron chi connectivity index (χ3n) is 3.63. The molecular formula is C20H25NO3. The SMILES string of the molecule is CCOCCOc1cccc(C(=O)Nc2ccccc2C(C)C)c1. The summed E-state index contributed by atoms with van der Waals surface area (Å²) in [4.78, 5) is 12.5. The summed E-state index contributed by atoms with van der Waals surface area (Å²) in [6.45, 7) is 7.83. The second-order valence-electron chi connectivity index (χ2n) is 5.77. The zero-order valence-corrected chi connectivity index (χ0v) is 14.5. The molecule has 2 aromatic carbocycles. The van der Waals surface area contributed by atoms with Crippen molar-refractivity contribution in [1.29, 1.82) is 0 Å². The first-order valence-electron chi connectivity index (χ1n) is 8.32. The molecule has 0 heterocycles. The Morgan fingerprint density at radius 3 is 2.62 bits per heavy atom. The largest absolute Gasteiger partial charge is 0.491 e. The number of rotatable bonds is 8. The van der Waals surface area contributed by atoms with Gasteiger partial charge in [0.25, 0.3) is 5.91 Å². The maximum Gasteiger partial charge on any atom is 0.255 e. The Morgan fingerprint density at radius 1 is 1.08 bits per heavy atom. The second-order valence-corrected chi connectivity index (χ2v) is 5.77. The van der Waals surface area contributed by atoms with Gasteiger partial charge >= 0.3 is 0 Å². The minimum Gasteiger partial charge on any atom is -0.491 e. The number of ether oxygens (including phenoxy) is 2. The van der Waals surface area contributed by atoms with Crippen LogP contribution in [0, 0.1) is 0 Å². The number of anilines is 1. The second kappa shape index (κ2) is 9.08. The lowest BCUT2D eigenvalue weighted by molar-refractivity contribution is 0.102. The third-order valence-corrected chi connectivity index (χ3v) is 3.63. The molecule has 0 bridgehead atoms. The molecule has 0 atom stereocenters. The highest BCUT2D eigenvalue weighted by Crippen LogP contribution is 2.24. The van der Waals surface area contributed by atoms with Gasteiger partial charge in [-0.2, -0.15) is 0 Å². The van der Waals surface area contributed by atoms with Crippen molar-refractivity contribution in [3.8, 4) is 5.75 Å². The molecular weight excluding hydrogens is 302 g/mol. The van der Waals surface area contributed by atoms with E-state index in [-0.39, 0.29) is 5.91 Å². The standard InChI is InChI=1S/C20H25NO3/c1-4-23-12-13-24-17-9-7-8-16(14-17)20(22)21-19-11-6-5-10-18(19)15(2)3/h5-11,14-15H,4,12-13H2,1-3H3,(H,21,22). The van der Waals surface area contributed by atoms with E-state index in [1.54, 1.807) is 12.1 Å². The summed E-state index contributed by atoms with van der Waals surface area (Å²) in [6.07, 6.45) is 0. The number of carbonyl (C=O) groups excluding carboxylic acids is 1. The first-order valence-corrected chi connectivity index (χ1v) is 8.32. The molecule has 4 heteroatoms. The van der Waals surface area contributed by atoms with E-state index in [2.05, 4.69) is 19.2 Å². The molecule has 0 spiro atoms. The van der Waals surface area contributed by atoms with Gasteiger partial charge in [0, 0.05) is 17.9 Å². The Kier molecular flexibility index (Phi) is 6.82. The van der Waals surface area contributed by atoms with Crippen LogP contribution in [0.1, 0.15) is 42.6 Å². The number of hydrogen-bond acceptors (Lipinski definition) is 3. The minimum absolute atomic E-state index is 0.140. The fourth-order valence-corrected chi connectivity index (χ4v) is 2.40. The zero-order valence-electron chi connectivity index (χ0n) is 14.5. The minimum atomic E-state index is -0.140. The smallest absolute Gasteiger partial charge is 0.255 e. The predicted octanol–water partition coefficient (Wildman–Crippen LogP) is 4.48. The van der Waals surface area contributed by atoms with Gasteiger partial charge in [-0.05, 0) is 42.7 Å². The summed E-state index contributed by atoms with van der Waals surface area (Å²) in [7, 11) is 0. The van der Waals surface area contributed by atoms with Gasteiger partial charge < -0.3 is 14.8 Å². The van der Waals surface area contributed by atoms with E-state index >= 15 is 0 Å². The highest BCUT2D eigenvalue weighted by Gasteiger charge is 2.11. The first kappa shape index (κ1) is 18.0. The Bertz CT molecular complexity index is 667. The molecule has 2 aromatic rings. The monoisotopic (exact) mass is 327 g/mol. The number of nitrogens with one attached hydrogen (secondary N) is 1. The van der Waals surface area contributed by atoms with Crippen LogP contribution in [0.2, 0.25) is 0 Å². The zero-order chi connectivity index (χ0) is 17.4. The van der Waals surface area contributed by atoms with Crippen LogP contribution in [0.5, 0.6) is 5.75 Å². The van der Waals surface area contributed by atoms with Gasteiger partial charge in [-0.1, -0.05) is 38.1 Å². The maximum atomic E-state index is 12.5. The van der Waals surface area contributed by atoms with Crippen LogP contribution in [-0.2, 0) is 4.74 Å². The lowest BCUT2D eigenvalue weighted by atomic mass is 10.0. The van der Waals surface area contributed by atoms with Crippen molar-refractivity contribution in [2.45, 2.75) is 26.7 Å². The Labute approximate surface area is 143 Å². The van der Waals surface area contributed by atoms with Gasteiger partial charge in [0.05, 0.1) is 6.61 Å². The topological polar surface area (TPSA) is 47.6 Å². The Morgan fingerprint density at radius 2 is 1.88 bits per heavy atom. The van der Waals surface area contributed by atoms with E-state index in [1.165, 1.54) is 0 Å². The number of amides is 1. The Hall–Kier alpha value is -2.33. The third kappa shape index (κ3) is 5.10. The lowest BCUT2D eigenvalue weighted by Gasteiger charge is -2.14. The fraction of sp³-hybridized carbons (Fsp3) is 0.350. The van der Waals surface area contributed by atoms with E-state index in [0.717, 1.165) is 11.3 Å². The van der Waals surface area contributed by atoms with E-state index < -0.39 is 0 Å². The van der Waals surface area contributed by atoms with Gasteiger partial charge in [-0.25, -0.2) is 0 Å². The number of carbonyl (C=O) groups is 1. The molecule has 1 amide bonds. The summed E-state index contributed by atoms with van der Waals surface area (Å²) in [5, 5.41) is 2.99. The van der Waals surface area contributed by atoms with Crippen LogP contribution in [0.25, 0.3) is 0 Å².